The number of H-pyrrole nitrogens is 1. The molecule has 5 heteroatoms. The molecule has 0 bridgehead atoms. The van der Waals surface area contributed by atoms with E-state index in [4.69, 9.17) is 0 Å². The Balaban J connectivity index is 1.73. The zero-order chi connectivity index (χ0) is 15.1. The molecule has 3 heterocycles. The van der Waals surface area contributed by atoms with E-state index in [0.717, 1.165) is 34.5 Å². The molecule has 4 rings (SSSR count). The van der Waals surface area contributed by atoms with Crippen LogP contribution in [-0.2, 0) is 13.0 Å². The van der Waals surface area contributed by atoms with E-state index < -0.39 is 0 Å². The van der Waals surface area contributed by atoms with E-state index in [0.29, 0.717) is 6.54 Å². The number of rotatable bonds is 3. The van der Waals surface area contributed by atoms with Gasteiger partial charge in [0.2, 0.25) is 0 Å². The van der Waals surface area contributed by atoms with Crippen molar-refractivity contribution < 1.29 is 0 Å². The van der Waals surface area contributed by atoms with Crippen LogP contribution in [0.25, 0.3) is 16.7 Å². The molecule has 22 heavy (non-hydrogen) atoms. The van der Waals surface area contributed by atoms with Gasteiger partial charge in [0.15, 0.2) is 0 Å². The fourth-order valence-electron chi connectivity index (χ4n) is 3.01. The first kappa shape index (κ1) is 12.9. The lowest BCUT2D eigenvalue weighted by Crippen LogP contribution is -2.18. The standard InChI is InChI=1S/C17H16N4O/c1-12-14(20-10-5-4-8-16(20)18-12)9-11-21-15-7-3-2-6-13(15)19-17(21)22/h2-8,10H,9,11H2,1H3,(H,19,22). The van der Waals surface area contributed by atoms with Crippen LogP contribution in [0.1, 0.15) is 11.4 Å². The second-order valence-electron chi connectivity index (χ2n) is 5.42. The molecule has 110 valence electrons. The number of fused-ring (bicyclic) bond motifs is 2. The van der Waals surface area contributed by atoms with E-state index >= 15 is 0 Å². The quantitative estimate of drug-likeness (QED) is 0.631. The van der Waals surface area contributed by atoms with Gasteiger partial charge in [0.25, 0.3) is 0 Å². The molecule has 5 nitrogen and oxygen atoms in total. The number of hydrogen-bond donors (Lipinski definition) is 1. The van der Waals surface area contributed by atoms with Gasteiger partial charge < -0.3 is 9.38 Å². The van der Waals surface area contributed by atoms with E-state index in [1.165, 1.54) is 0 Å². The average molecular weight is 292 g/mol. The maximum absolute atomic E-state index is 12.1. The number of nitrogens with one attached hydrogen (secondary N) is 1. The largest absolute Gasteiger partial charge is 0.326 e. The number of para-hydroxylation sites is 2. The SMILES string of the molecule is Cc1nc2ccccn2c1CCn1c(=O)[nH]c2ccccc21. The highest BCUT2D eigenvalue weighted by Gasteiger charge is 2.10. The highest BCUT2D eigenvalue weighted by molar-refractivity contribution is 5.74. The van der Waals surface area contributed by atoms with Crippen LogP contribution in [0.4, 0.5) is 0 Å². The number of aromatic nitrogens is 4. The molecule has 0 aliphatic carbocycles. The molecule has 0 amide bonds. The third-order valence-electron chi connectivity index (χ3n) is 4.08. The van der Waals surface area contributed by atoms with Crippen molar-refractivity contribution in [2.45, 2.75) is 19.9 Å². The molecule has 4 aromatic rings. The highest BCUT2D eigenvalue weighted by Crippen LogP contribution is 2.14. The van der Waals surface area contributed by atoms with Gasteiger partial charge in [-0.05, 0) is 31.2 Å². The van der Waals surface area contributed by atoms with Gasteiger partial charge in [0, 0.05) is 24.9 Å². The molecule has 0 aliphatic rings. The van der Waals surface area contributed by atoms with Crippen molar-refractivity contribution in [3.8, 4) is 0 Å². The Hall–Kier alpha value is -2.82. The molecule has 0 atom stereocenters. The number of nitrogens with zero attached hydrogens (tertiary/aromatic N) is 3. The van der Waals surface area contributed by atoms with Crippen LogP contribution in [0, 0.1) is 6.92 Å². The molecular formula is C17H16N4O. The minimum absolute atomic E-state index is 0.0623. The Kier molecular flexibility index (Phi) is 2.85. The van der Waals surface area contributed by atoms with Crippen LogP contribution in [0.5, 0.6) is 0 Å². The third kappa shape index (κ3) is 1.94. The number of pyridine rings is 1. The van der Waals surface area contributed by atoms with Crippen molar-refractivity contribution in [3.05, 3.63) is 70.5 Å². The first-order valence-corrected chi connectivity index (χ1v) is 7.34. The zero-order valence-electron chi connectivity index (χ0n) is 12.3. The van der Waals surface area contributed by atoms with Gasteiger partial charge >= 0.3 is 5.69 Å². The van der Waals surface area contributed by atoms with Crippen molar-refractivity contribution in [2.24, 2.45) is 0 Å². The molecule has 0 saturated heterocycles. The molecule has 1 N–H and O–H groups in total. The van der Waals surface area contributed by atoms with Gasteiger partial charge in [0.05, 0.1) is 16.7 Å². The van der Waals surface area contributed by atoms with Gasteiger partial charge in [-0.3, -0.25) is 4.57 Å². The third-order valence-corrected chi connectivity index (χ3v) is 4.08. The summed E-state index contributed by atoms with van der Waals surface area (Å²) in [5.74, 6) is 0. The zero-order valence-corrected chi connectivity index (χ0v) is 12.3. The monoisotopic (exact) mass is 292 g/mol. The Labute approximate surface area is 126 Å². The van der Waals surface area contributed by atoms with Crippen molar-refractivity contribution in [3.63, 3.8) is 0 Å². The van der Waals surface area contributed by atoms with Crippen LogP contribution < -0.4 is 5.69 Å². The van der Waals surface area contributed by atoms with Crippen molar-refractivity contribution >= 4 is 16.7 Å². The smallest absolute Gasteiger partial charge is 0.306 e. The van der Waals surface area contributed by atoms with Gasteiger partial charge in [0.1, 0.15) is 5.65 Å². The summed E-state index contributed by atoms with van der Waals surface area (Å²) in [4.78, 5) is 19.6. The number of benzene rings is 1. The number of aromatic amines is 1. The fourth-order valence-corrected chi connectivity index (χ4v) is 3.01. The van der Waals surface area contributed by atoms with Crippen molar-refractivity contribution in [1.29, 1.82) is 0 Å². The number of imidazole rings is 2. The van der Waals surface area contributed by atoms with Crippen LogP contribution in [0.2, 0.25) is 0 Å². The molecule has 0 fully saturated rings. The summed E-state index contributed by atoms with van der Waals surface area (Å²) in [7, 11) is 0. The summed E-state index contributed by atoms with van der Waals surface area (Å²) in [5.41, 5.74) is 4.86. The van der Waals surface area contributed by atoms with Gasteiger partial charge in [-0.25, -0.2) is 9.78 Å². The summed E-state index contributed by atoms with van der Waals surface area (Å²) < 4.78 is 3.88. The topological polar surface area (TPSA) is 55.1 Å². The van der Waals surface area contributed by atoms with E-state index in [-0.39, 0.29) is 5.69 Å². The van der Waals surface area contributed by atoms with Crippen molar-refractivity contribution in [2.75, 3.05) is 0 Å². The second-order valence-corrected chi connectivity index (χ2v) is 5.42. The Morgan fingerprint density at radius 3 is 2.86 bits per heavy atom. The Morgan fingerprint density at radius 1 is 1.14 bits per heavy atom. The lowest BCUT2D eigenvalue weighted by Gasteiger charge is -2.05. The van der Waals surface area contributed by atoms with E-state index in [1.807, 2.05) is 55.6 Å². The van der Waals surface area contributed by atoms with Crippen LogP contribution in [-0.4, -0.2) is 18.9 Å². The Bertz CT molecular complexity index is 1020. The second kappa shape index (κ2) is 4.87. The number of hydrogen-bond acceptors (Lipinski definition) is 2. The summed E-state index contributed by atoms with van der Waals surface area (Å²) >= 11 is 0. The molecular weight excluding hydrogens is 276 g/mol. The first-order chi connectivity index (χ1) is 10.7. The molecule has 0 unspecified atom stereocenters. The van der Waals surface area contributed by atoms with Crippen LogP contribution in [0.15, 0.2) is 53.5 Å². The predicted octanol–water partition coefficient (Wildman–Crippen LogP) is 2.53. The molecule has 1 aromatic carbocycles. The van der Waals surface area contributed by atoms with Gasteiger partial charge in [-0.2, -0.15) is 0 Å². The average Bonchev–Trinajstić information content (AvgIpc) is 3.01. The van der Waals surface area contributed by atoms with E-state index in [2.05, 4.69) is 14.4 Å². The highest BCUT2D eigenvalue weighted by atomic mass is 16.1. The van der Waals surface area contributed by atoms with E-state index in [1.54, 1.807) is 4.57 Å². The lowest BCUT2D eigenvalue weighted by atomic mass is 10.2. The lowest BCUT2D eigenvalue weighted by molar-refractivity contribution is 0.675. The molecule has 0 spiro atoms. The maximum Gasteiger partial charge on any atom is 0.326 e. The minimum atomic E-state index is -0.0623. The summed E-state index contributed by atoms with van der Waals surface area (Å²) in [6, 6.07) is 13.7. The first-order valence-electron chi connectivity index (χ1n) is 7.34. The summed E-state index contributed by atoms with van der Waals surface area (Å²) in [6.45, 7) is 2.65. The van der Waals surface area contributed by atoms with Crippen molar-refractivity contribution in [1.82, 2.24) is 18.9 Å². The van der Waals surface area contributed by atoms with Crippen LogP contribution >= 0.6 is 0 Å². The molecule has 0 radical (unpaired) electrons. The molecule has 0 aliphatic heterocycles. The Morgan fingerprint density at radius 2 is 1.95 bits per heavy atom. The minimum Gasteiger partial charge on any atom is -0.306 e. The molecule has 0 saturated carbocycles. The van der Waals surface area contributed by atoms with E-state index in [9.17, 15) is 4.79 Å². The van der Waals surface area contributed by atoms with Gasteiger partial charge in [-0.1, -0.05) is 18.2 Å². The van der Waals surface area contributed by atoms with Crippen LogP contribution in [0.3, 0.4) is 0 Å². The van der Waals surface area contributed by atoms with Gasteiger partial charge in [-0.15, -0.1) is 0 Å². The molecule has 3 aromatic heterocycles. The fraction of sp³-hybridized carbons (Fsp3) is 0.176. The maximum atomic E-state index is 12.1. The summed E-state index contributed by atoms with van der Waals surface area (Å²) in [5, 5.41) is 0. The summed E-state index contributed by atoms with van der Waals surface area (Å²) in [6.07, 6.45) is 2.78. The number of aryl methyl sites for hydroxylation is 3. The predicted molar refractivity (Wildman–Crippen MR) is 86.2 cm³/mol. The normalized spacial score (nSPS) is 11.5.